The molecule has 2 atom stereocenters. The molecule has 0 radical (unpaired) electrons. The first-order valence-corrected chi connectivity index (χ1v) is 6.29. The van der Waals surface area contributed by atoms with Gasteiger partial charge in [0.15, 0.2) is 10.8 Å². The Morgan fingerprint density at radius 2 is 2.44 bits per heavy atom. The molecule has 0 spiro atoms. The van der Waals surface area contributed by atoms with E-state index in [1.807, 2.05) is 6.92 Å². The van der Waals surface area contributed by atoms with E-state index in [1.54, 1.807) is 0 Å². The third-order valence-corrected chi connectivity index (χ3v) is 3.83. The van der Waals surface area contributed by atoms with Crippen LogP contribution in [-0.2, 0) is 4.74 Å². The van der Waals surface area contributed by atoms with Gasteiger partial charge in [-0.05, 0) is 19.3 Å². The predicted molar refractivity (Wildman–Crippen MR) is 64.0 cm³/mol. The first-order chi connectivity index (χ1) is 7.65. The molecule has 1 heterocycles. The van der Waals surface area contributed by atoms with Gasteiger partial charge in [0.05, 0.1) is 7.11 Å². The molecule has 2 unspecified atom stereocenters. The van der Waals surface area contributed by atoms with E-state index in [9.17, 15) is 4.79 Å². The fourth-order valence-corrected chi connectivity index (χ4v) is 2.64. The van der Waals surface area contributed by atoms with Crippen LogP contribution in [0.25, 0.3) is 0 Å². The minimum Gasteiger partial charge on any atom is -0.464 e. The number of anilines is 1. The smallest absolute Gasteiger partial charge is 0.357 e. The Hall–Kier alpha value is -1.10. The van der Waals surface area contributed by atoms with Crippen molar-refractivity contribution in [3.8, 4) is 0 Å². The van der Waals surface area contributed by atoms with Crippen LogP contribution in [0.1, 0.15) is 35.1 Å². The van der Waals surface area contributed by atoms with E-state index in [1.165, 1.54) is 31.3 Å². The summed E-state index contributed by atoms with van der Waals surface area (Å²) >= 11 is 1.52. The molecule has 1 fully saturated rings. The van der Waals surface area contributed by atoms with E-state index < -0.39 is 0 Å². The molecule has 2 rings (SSSR count). The van der Waals surface area contributed by atoms with E-state index in [2.05, 4.69) is 22.0 Å². The molecule has 1 aliphatic rings. The zero-order chi connectivity index (χ0) is 11.7. The Morgan fingerprint density at radius 3 is 3.00 bits per heavy atom. The van der Waals surface area contributed by atoms with Gasteiger partial charge in [-0.1, -0.05) is 13.3 Å². The number of rotatable bonds is 4. The second-order valence-corrected chi connectivity index (χ2v) is 5.27. The summed E-state index contributed by atoms with van der Waals surface area (Å²) in [5, 5.41) is 4.19. The maximum Gasteiger partial charge on any atom is 0.357 e. The highest BCUT2D eigenvalue weighted by molar-refractivity contribution is 7.15. The minimum absolute atomic E-state index is 0.357. The van der Waals surface area contributed by atoms with Crippen LogP contribution < -0.4 is 5.32 Å². The van der Waals surface area contributed by atoms with Gasteiger partial charge in [-0.15, -0.1) is 11.3 Å². The molecule has 1 N–H and O–H groups in total. The Morgan fingerprint density at radius 1 is 1.69 bits per heavy atom. The van der Waals surface area contributed by atoms with Crippen LogP contribution >= 0.6 is 11.3 Å². The van der Waals surface area contributed by atoms with E-state index in [0.717, 1.165) is 15.9 Å². The number of aromatic nitrogens is 1. The second kappa shape index (κ2) is 4.41. The lowest BCUT2D eigenvalue weighted by atomic mass is 10.3. The van der Waals surface area contributed by atoms with Crippen LogP contribution in [0.5, 0.6) is 0 Å². The molecule has 1 aromatic rings. The number of methoxy groups -OCH3 is 1. The van der Waals surface area contributed by atoms with Gasteiger partial charge < -0.3 is 10.1 Å². The number of ether oxygens (including phenoxy) is 1. The summed E-state index contributed by atoms with van der Waals surface area (Å²) in [6, 6.07) is 0.543. The van der Waals surface area contributed by atoms with Crippen LogP contribution in [0, 0.1) is 12.8 Å². The molecule has 0 aliphatic heterocycles. The van der Waals surface area contributed by atoms with Crippen molar-refractivity contribution in [2.75, 3.05) is 12.4 Å². The Balaban J connectivity index is 2.04. The quantitative estimate of drug-likeness (QED) is 0.821. The summed E-state index contributed by atoms with van der Waals surface area (Å²) in [5.41, 5.74) is 0.434. The molecule has 1 aliphatic carbocycles. The molecule has 5 heteroatoms. The number of aryl methyl sites for hydroxylation is 1. The molecule has 16 heavy (non-hydrogen) atoms. The van der Waals surface area contributed by atoms with Crippen LogP contribution in [0.15, 0.2) is 0 Å². The van der Waals surface area contributed by atoms with Crippen molar-refractivity contribution in [2.45, 2.75) is 32.7 Å². The highest BCUT2D eigenvalue weighted by Crippen LogP contribution is 2.37. The fraction of sp³-hybridized carbons (Fsp3) is 0.636. The van der Waals surface area contributed by atoms with Crippen LogP contribution in [0.4, 0.5) is 5.13 Å². The van der Waals surface area contributed by atoms with Gasteiger partial charge in [-0.3, -0.25) is 0 Å². The summed E-state index contributed by atoms with van der Waals surface area (Å²) < 4.78 is 4.67. The topological polar surface area (TPSA) is 51.2 Å². The van der Waals surface area contributed by atoms with E-state index in [4.69, 9.17) is 0 Å². The normalized spacial score (nSPS) is 22.9. The zero-order valence-electron chi connectivity index (χ0n) is 9.74. The largest absolute Gasteiger partial charge is 0.464 e. The Labute approximate surface area is 99.0 Å². The van der Waals surface area contributed by atoms with Crippen molar-refractivity contribution in [1.82, 2.24) is 4.98 Å². The van der Waals surface area contributed by atoms with Crippen molar-refractivity contribution in [2.24, 2.45) is 5.92 Å². The molecule has 4 nitrogen and oxygen atoms in total. The van der Waals surface area contributed by atoms with Gasteiger partial charge in [0.25, 0.3) is 0 Å². The van der Waals surface area contributed by atoms with Gasteiger partial charge in [-0.25, -0.2) is 9.78 Å². The van der Waals surface area contributed by atoms with E-state index >= 15 is 0 Å². The summed E-state index contributed by atoms with van der Waals surface area (Å²) in [5.74, 6) is 0.412. The molecular weight excluding hydrogens is 224 g/mol. The van der Waals surface area contributed by atoms with Crippen molar-refractivity contribution in [1.29, 1.82) is 0 Å². The summed E-state index contributed by atoms with van der Waals surface area (Å²) in [6.07, 6.45) is 2.41. The van der Waals surface area contributed by atoms with Gasteiger partial charge in [0, 0.05) is 10.9 Å². The fourth-order valence-electron chi connectivity index (χ4n) is 1.78. The second-order valence-electron chi connectivity index (χ2n) is 4.07. The van der Waals surface area contributed by atoms with Crippen molar-refractivity contribution in [3.63, 3.8) is 0 Å². The molecule has 0 saturated heterocycles. The third kappa shape index (κ3) is 2.19. The van der Waals surface area contributed by atoms with Crippen LogP contribution in [0.3, 0.4) is 0 Å². The number of nitrogens with zero attached hydrogens (tertiary/aromatic N) is 1. The SMILES string of the molecule is CCC1CC1Nc1nc(C(=O)OC)c(C)s1. The lowest BCUT2D eigenvalue weighted by Crippen LogP contribution is -2.06. The number of nitrogens with one attached hydrogen (secondary N) is 1. The maximum atomic E-state index is 11.4. The number of hydrogen-bond acceptors (Lipinski definition) is 5. The minimum atomic E-state index is -0.357. The Bertz CT molecular complexity index is 403. The predicted octanol–water partition coefficient (Wildman–Crippen LogP) is 2.45. The van der Waals surface area contributed by atoms with Crippen molar-refractivity contribution in [3.05, 3.63) is 10.6 Å². The number of carbonyl (C=O) groups is 1. The number of esters is 1. The van der Waals surface area contributed by atoms with E-state index in [0.29, 0.717) is 11.7 Å². The average molecular weight is 240 g/mol. The highest BCUT2D eigenvalue weighted by Gasteiger charge is 2.36. The van der Waals surface area contributed by atoms with Gasteiger partial charge in [0.2, 0.25) is 0 Å². The molecule has 88 valence electrons. The molecule has 0 aromatic carbocycles. The summed E-state index contributed by atoms with van der Waals surface area (Å²) in [6.45, 7) is 4.08. The molecular formula is C11H16N2O2S. The van der Waals surface area contributed by atoms with Gasteiger partial charge in [0.1, 0.15) is 0 Å². The van der Waals surface area contributed by atoms with Gasteiger partial charge in [-0.2, -0.15) is 0 Å². The first kappa shape index (κ1) is 11.4. The zero-order valence-corrected chi connectivity index (χ0v) is 10.6. The monoisotopic (exact) mass is 240 g/mol. The summed E-state index contributed by atoms with van der Waals surface area (Å²) in [7, 11) is 1.38. The number of thiazole rings is 1. The average Bonchev–Trinajstić information content (AvgIpc) is 2.92. The van der Waals surface area contributed by atoms with Crippen LogP contribution in [0.2, 0.25) is 0 Å². The van der Waals surface area contributed by atoms with E-state index in [-0.39, 0.29) is 5.97 Å². The molecule has 0 amide bonds. The van der Waals surface area contributed by atoms with Crippen molar-refractivity contribution >= 4 is 22.4 Å². The lowest BCUT2D eigenvalue weighted by Gasteiger charge is -1.98. The molecule has 0 bridgehead atoms. The van der Waals surface area contributed by atoms with Crippen molar-refractivity contribution < 1.29 is 9.53 Å². The lowest BCUT2D eigenvalue weighted by molar-refractivity contribution is 0.0594. The summed E-state index contributed by atoms with van der Waals surface area (Å²) in [4.78, 5) is 16.5. The Kier molecular flexibility index (Phi) is 3.14. The first-order valence-electron chi connectivity index (χ1n) is 5.48. The molecule has 1 saturated carbocycles. The number of hydrogen-bond donors (Lipinski definition) is 1. The maximum absolute atomic E-state index is 11.4. The highest BCUT2D eigenvalue weighted by atomic mass is 32.1. The van der Waals surface area contributed by atoms with Crippen LogP contribution in [-0.4, -0.2) is 24.1 Å². The molecule has 1 aromatic heterocycles. The third-order valence-electron chi connectivity index (χ3n) is 2.93. The number of carbonyl (C=O) groups excluding carboxylic acids is 1. The van der Waals surface area contributed by atoms with Gasteiger partial charge >= 0.3 is 5.97 Å². The standard InChI is InChI=1S/C11H16N2O2S/c1-4-7-5-8(7)12-11-13-9(6(2)16-11)10(14)15-3/h7-8H,4-5H2,1-3H3,(H,12,13).